The molecular weight excluding hydrogens is 388 g/mol. The standard InChI is InChI=1S/C15H9FINO3/c16-12-3-1-9(7-18)5-11(12)8-21-14-6-10(15(19)20)2-4-13(14)17/h1-6H,8H2,(H,19,20). The Morgan fingerprint density at radius 1 is 1.33 bits per heavy atom. The molecule has 2 aromatic rings. The van der Waals surface area contributed by atoms with Gasteiger partial charge in [-0.2, -0.15) is 5.26 Å². The van der Waals surface area contributed by atoms with Crippen molar-refractivity contribution in [2.24, 2.45) is 0 Å². The van der Waals surface area contributed by atoms with Crippen LogP contribution in [0.2, 0.25) is 0 Å². The number of aromatic carboxylic acids is 1. The highest BCUT2D eigenvalue weighted by molar-refractivity contribution is 14.1. The monoisotopic (exact) mass is 397 g/mol. The Labute approximate surface area is 133 Å². The number of hydrogen-bond acceptors (Lipinski definition) is 3. The second kappa shape index (κ2) is 6.54. The molecule has 0 heterocycles. The van der Waals surface area contributed by atoms with Crippen molar-refractivity contribution < 1.29 is 19.0 Å². The van der Waals surface area contributed by atoms with Crippen molar-refractivity contribution in [1.29, 1.82) is 5.26 Å². The Morgan fingerprint density at radius 3 is 2.76 bits per heavy atom. The number of carboxylic acids is 1. The second-order valence-corrected chi connectivity index (χ2v) is 5.32. The number of carbonyl (C=O) groups is 1. The minimum atomic E-state index is -1.06. The molecule has 0 spiro atoms. The molecule has 0 bridgehead atoms. The maximum Gasteiger partial charge on any atom is 0.335 e. The summed E-state index contributed by atoms with van der Waals surface area (Å²) in [5.41, 5.74) is 0.672. The van der Waals surface area contributed by atoms with Crippen LogP contribution in [0.4, 0.5) is 4.39 Å². The van der Waals surface area contributed by atoms with Gasteiger partial charge in [-0.15, -0.1) is 0 Å². The minimum Gasteiger partial charge on any atom is -0.488 e. The van der Waals surface area contributed by atoms with E-state index in [-0.39, 0.29) is 17.7 Å². The van der Waals surface area contributed by atoms with Gasteiger partial charge in [-0.1, -0.05) is 0 Å². The van der Waals surface area contributed by atoms with Gasteiger partial charge in [0.05, 0.1) is 20.8 Å². The summed E-state index contributed by atoms with van der Waals surface area (Å²) < 4.78 is 19.8. The summed E-state index contributed by atoms with van der Waals surface area (Å²) in [7, 11) is 0. The zero-order chi connectivity index (χ0) is 15.4. The van der Waals surface area contributed by atoms with Crippen molar-refractivity contribution >= 4 is 28.6 Å². The van der Waals surface area contributed by atoms with Crippen LogP contribution in [0.3, 0.4) is 0 Å². The first kappa shape index (κ1) is 15.3. The van der Waals surface area contributed by atoms with Gasteiger partial charge >= 0.3 is 5.97 Å². The summed E-state index contributed by atoms with van der Waals surface area (Å²) in [5.74, 6) is -1.18. The summed E-state index contributed by atoms with van der Waals surface area (Å²) in [6, 6.07) is 10.4. The third-order valence-electron chi connectivity index (χ3n) is 2.74. The van der Waals surface area contributed by atoms with E-state index in [1.807, 2.05) is 28.7 Å². The first-order chi connectivity index (χ1) is 10.0. The lowest BCUT2D eigenvalue weighted by atomic mass is 10.1. The number of nitrogens with zero attached hydrogens (tertiary/aromatic N) is 1. The van der Waals surface area contributed by atoms with Crippen LogP contribution in [-0.4, -0.2) is 11.1 Å². The number of carboxylic acid groups (broad SMARTS) is 1. The number of nitriles is 1. The molecule has 0 aliphatic heterocycles. The summed E-state index contributed by atoms with van der Waals surface area (Å²) in [6.45, 7) is -0.0829. The Balaban J connectivity index is 2.22. The highest BCUT2D eigenvalue weighted by atomic mass is 127. The number of ether oxygens (including phenoxy) is 1. The molecule has 6 heteroatoms. The molecule has 0 atom stereocenters. The molecule has 0 fully saturated rings. The lowest BCUT2D eigenvalue weighted by molar-refractivity contribution is 0.0696. The first-order valence-electron chi connectivity index (χ1n) is 5.85. The van der Waals surface area contributed by atoms with Gasteiger partial charge in [0.2, 0.25) is 0 Å². The lowest BCUT2D eigenvalue weighted by Gasteiger charge is -2.10. The molecule has 0 aliphatic rings. The third-order valence-corrected chi connectivity index (χ3v) is 3.63. The van der Waals surface area contributed by atoms with E-state index < -0.39 is 11.8 Å². The van der Waals surface area contributed by atoms with Crippen LogP contribution in [0, 0.1) is 20.7 Å². The third kappa shape index (κ3) is 3.70. The highest BCUT2D eigenvalue weighted by Gasteiger charge is 2.10. The smallest absolute Gasteiger partial charge is 0.335 e. The summed E-state index contributed by atoms with van der Waals surface area (Å²) >= 11 is 2.00. The van der Waals surface area contributed by atoms with E-state index in [9.17, 15) is 9.18 Å². The van der Waals surface area contributed by atoms with Crippen molar-refractivity contribution in [2.75, 3.05) is 0 Å². The fourth-order valence-electron chi connectivity index (χ4n) is 1.66. The van der Waals surface area contributed by atoms with E-state index >= 15 is 0 Å². The molecule has 0 radical (unpaired) electrons. The number of hydrogen-bond donors (Lipinski definition) is 1. The minimum absolute atomic E-state index is 0.0829. The fraction of sp³-hybridized carbons (Fsp3) is 0.0667. The van der Waals surface area contributed by atoms with Gasteiger partial charge in [0.25, 0.3) is 0 Å². The maximum absolute atomic E-state index is 13.6. The molecule has 0 saturated heterocycles. The van der Waals surface area contributed by atoms with Crippen LogP contribution in [0.25, 0.3) is 0 Å². The molecule has 0 unspecified atom stereocenters. The number of benzene rings is 2. The van der Waals surface area contributed by atoms with Crippen LogP contribution in [0.1, 0.15) is 21.5 Å². The fourth-order valence-corrected chi connectivity index (χ4v) is 2.15. The van der Waals surface area contributed by atoms with E-state index in [1.54, 1.807) is 6.07 Å². The predicted molar refractivity (Wildman–Crippen MR) is 81.6 cm³/mol. The number of rotatable bonds is 4. The van der Waals surface area contributed by atoms with Gasteiger partial charge in [0.1, 0.15) is 18.2 Å². The quantitative estimate of drug-likeness (QED) is 0.801. The first-order valence-corrected chi connectivity index (χ1v) is 6.93. The molecule has 2 aromatic carbocycles. The van der Waals surface area contributed by atoms with Crippen molar-refractivity contribution in [3.05, 3.63) is 62.5 Å². The van der Waals surface area contributed by atoms with Gasteiger partial charge < -0.3 is 9.84 Å². The largest absolute Gasteiger partial charge is 0.488 e. The lowest BCUT2D eigenvalue weighted by Crippen LogP contribution is -2.02. The van der Waals surface area contributed by atoms with Crippen LogP contribution in [0.5, 0.6) is 5.75 Å². The molecule has 0 saturated carbocycles. The van der Waals surface area contributed by atoms with E-state index in [1.165, 1.54) is 30.3 Å². The van der Waals surface area contributed by atoms with Crippen LogP contribution >= 0.6 is 22.6 Å². The second-order valence-electron chi connectivity index (χ2n) is 4.16. The van der Waals surface area contributed by atoms with Gasteiger partial charge in [-0.05, 0) is 59.0 Å². The number of halogens is 2. The summed E-state index contributed by atoms with van der Waals surface area (Å²) in [6.07, 6.45) is 0. The maximum atomic E-state index is 13.6. The SMILES string of the molecule is N#Cc1ccc(F)c(COc2cc(C(=O)O)ccc2I)c1. The molecule has 21 heavy (non-hydrogen) atoms. The molecule has 0 aromatic heterocycles. The topological polar surface area (TPSA) is 70.3 Å². The van der Waals surface area contributed by atoms with Gasteiger partial charge in [-0.3, -0.25) is 0 Å². The molecule has 2 rings (SSSR count). The Bertz CT molecular complexity index is 740. The van der Waals surface area contributed by atoms with Crippen molar-refractivity contribution in [1.82, 2.24) is 0 Å². The van der Waals surface area contributed by atoms with E-state index in [4.69, 9.17) is 15.1 Å². The van der Waals surface area contributed by atoms with Crippen LogP contribution < -0.4 is 4.74 Å². The van der Waals surface area contributed by atoms with Crippen molar-refractivity contribution in [2.45, 2.75) is 6.61 Å². The summed E-state index contributed by atoms with van der Waals surface area (Å²) in [5, 5.41) is 17.7. The van der Waals surface area contributed by atoms with Crippen molar-refractivity contribution in [3.63, 3.8) is 0 Å². The Kier molecular flexibility index (Phi) is 4.75. The van der Waals surface area contributed by atoms with E-state index in [0.29, 0.717) is 11.3 Å². The molecular formula is C15H9FINO3. The molecule has 1 N–H and O–H groups in total. The average Bonchev–Trinajstić information content (AvgIpc) is 2.47. The summed E-state index contributed by atoms with van der Waals surface area (Å²) in [4.78, 5) is 10.9. The van der Waals surface area contributed by atoms with Gasteiger partial charge in [0, 0.05) is 5.56 Å². The molecule has 0 aliphatic carbocycles. The van der Waals surface area contributed by atoms with E-state index in [0.717, 1.165) is 3.57 Å². The molecule has 4 nitrogen and oxygen atoms in total. The van der Waals surface area contributed by atoms with Gasteiger partial charge in [-0.25, -0.2) is 9.18 Å². The molecule has 106 valence electrons. The van der Waals surface area contributed by atoms with E-state index in [2.05, 4.69) is 0 Å². The average molecular weight is 397 g/mol. The predicted octanol–water partition coefficient (Wildman–Crippen LogP) is 3.58. The Morgan fingerprint density at radius 2 is 2.10 bits per heavy atom. The Hall–Kier alpha value is -2.14. The van der Waals surface area contributed by atoms with Crippen LogP contribution in [-0.2, 0) is 6.61 Å². The van der Waals surface area contributed by atoms with Crippen molar-refractivity contribution in [3.8, 4) is 11.8 Å². The zero-order valence-electron chi connectivity index (χ0n) is 10.6. The highest BCUT2D eigenvalue weighted by Crippen LogP contribution is 2.24. The zero-order valence-corrected chi connectivity index (χ0v) is 12.8. The van der Waals surface area contributed by atoms with Crippen LogP contribution in [0.15, 0.2) is 36.4 Å². The molecule has 0 amide bonds. The normalized spacial score (nSPS) is 9.95. The van der Waals surface area contributed by atoms with Gasteiger partial charge in [0.15, 0.2) is 0 Å².